The molecule has 4 aromatic rings. The third kappa shape index (κ3) is 5.04. The Hall–Kier alpha value is -4.25. The predicted octanol–water partition coefficient (Wildman–Crippen LogP) is 4.21. The first-order valence-corrected chi connectivity index (χ1v) is 11.8. The van der Waals surface area contributed by atoms with Crippen LogP contribution in [0.3, 0.4) is 0 Å². The van der Waals surface area contributed by atoms with Crippen LogP contribution in [0.25, 0.3) is 5.82 Å². The van der Waals surface area contributed by atoms with Crippen LogP contribution in [-0.2, 0) is 16.6 Å². The molecule has 2 heterocycles. The van der Waals surface area contributed by atoms with Crippen LogP contribution in [0.2, 0.25) is 0 Å². The maximum absolute atomic E-state index is 12.9. The molecule has 4 rings (SSSR count). The number of hydrogen-bond acceptors (Lipinski definition) is 7. The van der Waals surface area contributed by atoms with Crippen molar-refractivity contribution in [1.82, 2.24) is 14.8 Å². The standard InChI is InChI=1S/C23H22N6O4S/c1-16-4-7-20(17(2)12-16)27-34(32,33)19-6-8-21(22(13-19)29(30)31)24-14-18-5-9-23(25-15-18)28-11-3-10-26-28/h3-13,15,24,27H,14H2,1-2H3. The third-order valence-corrected chi connectivity index (χ3v) is 6.50. The fourth-order valence-electron chi connectivity index (χ4n) is 3.37. The number of nitro groups is 1. The Balaban J connectivity index is 1.52. The van der Waals surface area contributed by atoms with Crippen LogP contribution < -0.4 is 10.0 Å². The monoisotopic (exact) mass is 478 g/mol. The number of nitrogens with one attached hydrogen (secondary N) is 2. The number of rotatable bonds is 8. The van der Waals surface area contributed by atoms with Crippen LogP contribution in [0.4, 0.5) is 17.1 Å². The highest BCUT2D eigenvalue weighted by Crippen LogP contribution is 2.29. The minimum absolute atomic E-state index is 0.199. The van der Waals surface area contributed by atoms with Gasteiger partial charge in [-0.3, -0.25) is 14.8 Å². The van der Waals surface area contributed by atoms with E-state index >= 15 is 0 Å². The van der Waals surface area contributed by atoms with Crippen molar-refractivity contribution in [1.29, 1.82) is 0 Å². The summed E-state index contributed by atoms with van der Waals surface area (Å²) in [5.74, 6) is 0.644. The van der Waals surface area contributed by atoms with Gasteiger partial charge in [-0.2, -0.15) is 5.10 Å². The van der Waals surface area contributed by atoms with Crippen LogP contribution in [-0.4, -0.2) is 28.1 Å². The second-order valence-electron chi connectivity index (χ2n) is 7.69. The fraction of sp³-hybridized carbons (Fsp3) is 0.130. The number of aryl methyl sites for hydroxylation is 2. The summed E-state index contributed by atoms with van der Waals surface area (Å²) in [6, 6.07) is 14.5. The van der Waals surface area contributed by atoms with E-state index in [1.165, 1.54) is 12.1 Å². The maximum Gasteiger partial charge on any atom is 0.293 e. The number of sulfonamides is 1. The molecular formula is C23H22N6O4S. The summed E-state index contributed by atoms with van der Waals surface area (Å²) < 4.78 is 29.9. The van der Waals surface area contributed by atoms with Crippen LogP contribution in [0.15, 0.2) is 78.1 Å². The van der Waals surface area contributed by atoms with Gasteiger partial charge in [-0.15, -0.1) is 0 Å². The average Bonchev–Trinajstić information content (AvgIpc) is 3.35. The Morgan fingerprint density at radius 2 is 1.85 bits per heavy atom. The Kier molecular flexibility index (Phi) is 6.28. The van der Waals surface area contributed by atoms with E-state index in [-0.39, 0.29) is 22.8 Å². The van der Waals surface area contributed by atoms with Crippen molar-refractivity contribution in [2.24, 2.45) is 0 Å². The zero-order chi connectivity index (χ0) is 24.3. The molecule has 2 N–H and O–H groups in total. The van der Waals surface area contributed by atoms with Gasteiger partial charge in [-0.25, -0.2) is 18.1 Å². The second kappa shape index (κ2) is 9.32. The summed E-state index contributed by atoms with van der Waals surface area (Å²) in [6.45, 7) is 3.96. The predicted molar refractivity (Wildman–Crippen MR) is 129 cm³/mol. The first-order valence-electron chi connectivity index (χ1n) is 10.3. The van der Waals surface area contributed by atoms with Gasteiger partial charge in [0.15, 0.2) is 5.82 Å². The van der Waals surface area contributed by atoms with Crippen molar-refractivity contribution in [3.63, 3.8) is 0 Å². The molecule has 11 heteroatoms. The lowest BCUT2D eigenvalue weighted by atomic mass is 10.1. The molecular weight excluding hydrogens is 456 g/mol. The van der Waals surface area contributed by atoms with Crippen LogP contribution in [0.5, 0.6) is 0 Å². The highest BCUT2D eigenvalue weighted by Gasteiger charge is 2.22. The summed E-state index contributed by atoms with van der Waals surface area (Å²) in [5.41, 5.74) is 2.82. The van der Waals surface area contributed by atoms with E-state index in [2.05, 4.69) is 20.1 Å². The zero-order valence-corrected chi connectivity index (χ0v) is 19.3. The van der Waals surface area contributed by atoms with Gasteiger partial charge >= 0.3 is 0 Å². The molecule has 10 nitrogen and oxygen atoms in total. The molecule has 0 amide bonds. The summed E-state index contributed by atoms with van der Waals surface area (Å²) >= 11 is 0. The first-order chi connectivity index (χ1) is 16.2. The van der Waals surface area contributed by atoms with Crippen molar-refractivity contribution >= 4 is 27.1 Å². The lowest BCUT2D eigenvalue weighted by molar-refractivity contribution is -0.384. The first kappa shape index (κ1) is 22.9. The highest BCUT2D eigenvalue weighted by molar-refractivity contribution is 7.92. The molecule has 0 saturated heterocycles. The molecule has 2 aromatic heterocycles. The van der Waals surface area contributed by atoms with Crippen LogP contribution in [0.1, 0.15) is 16.7 Å². The molecule has 0 fully saturated rings. The minimum Gasteiger partial charge on any atom is -0.375 e. The lowest BCUT2D eigenvalue weighted by Crippen LogP contribution is -2.14. The Bertz CT molecular complexity index is 1440. The Morgan fingerprint density at radius 1 is 1.06 bits per heavy atom. The zero-order valence-electron chi connectivity index (χ0n) is 18.5. The van der Waals surface area contributed by atoms with Gasteiger partial charge in [0.05, 0.1) is 15.5 Å². The van der Waals surface area contributed by atoms with E-state index < -0.39 is 14.9 Å². The SMILES string of the molecule is Cc1ccc(NS(=O)(=O)c2ccc(NCc3ccc(-n4cccn4)nc3)c([N+](=O)[O-])c2)c(C)c1. The molecule has 0 saturated carbocycles. The fourth-order valence-corrected chi connectivity index (χ4v) is 4.52. The van der Waals surface area contributed by atoms with E-state index in [0.717, 1.165) is 22.8 Å². The lowest BCUT2D eigenvalue weighted by Gasteiger charge is -2.13. The number of nitro benzene ring substituents is 1. The summed E-state index contributed by atoms with van der Waals surface area (Å²) in [7, 11) is -4.02. The number of aromatic nitrogens is 3. The molecule has 0 spiro atoms. The van der Waals surface area contributed by atoms with E-state index in [0.29, 0.717) is 11.5 Å². The van der Waals surface area contributed by atoms with Crippen molar-refractivity contribution in [2.45, 2.75) is 25.3 Å². The number of pyridine rings is 1. The molecule has 0 atom stereocenters. The molecule has 174 valence electrons. The molecule has 0 aliphatic carbocycles. The van der Waals surface area contributed by atoms with Gasteiger partial charge in [0.2, 0.25) is 0 Å². The summed E-state index contributed by atoms with van der Waals surface area (Å²) in [4.78, 5) is 15.2. The Morgan fingerprint density at radius 3 is 2.50 bits per heavy atom. The van der Waals surface area contributed by atoms with Crippen LogP contribution >= 0.6 is 0 Å². The van der Waals surface area contributed by atoms with Gasteiger partial charge < -0.3 is 5.32 Å². The third-order valence-electron chi connectivity index (χ3n) is 5.13. The molecule has 2 aromatic carbocycles. The smallest absolute Gasteiger partial charge is 0.293 e. The van der Waals surface area contributed by atoms with Crippen molar-refractivity contribution < 1.29 is 13.3 Å². The molecule has 0 bridgehead atoms. The molecule has 34 heavy (non-hydrogen) atoms. The number of benzene rings is 2. The molecule has 0 unspecified atom stereocenters. The summed E-state index contributed by atoms with van der Waals surface area (Å²) in [6.07, 6.45) is 5.06. The van der Waals surface area contributed by atoms with Gasteiger partial charge in [-0.1, -0.05) is 23.8 Å². The van der Waals surface area contributed by atoms with E-state index in [4.69, 9.17) is 0 Å². The topological polar surface area (TPSA) is 132 Å². The quantitative estimate of drug-likeness (QED) is 0.286. The van der Waals surface area contributed by atoms with Crippen molar-refractivity contribution in [2.75, 3.05) is 10.0 Å². The van der Waals surface area contributed by atoms with Gasteiger partial charge in [0.1, 0.15) is 5.69 Å². The average molecular weight is 479 g/mol. The maximum atomic E-state index is 12.9. The van der Waals surface area contributed by atoms with Gasteiger partial charge in [0.25, 0.3) is 15.7 Å². The van der Waals surface area contributed by atoms with Crippen molar-refractivity contribution in [3.05, 3.63) is 100.0 Å². The molecule has 0 radical (unpaired) electrons. The molecule has 0 aliphatic rings. The highest BCUT2D eigenvalue weighted by atomic mass is 32.2. The van der Waals surface area contributed by atoms with E-state index in [1.807, 2.05) is 19.1 Å². The summed E-state index contributed by atoms with van der Waals surface area (Å²) in [5, 5.41) is 18.8. The largest absolute Gasteiger partial charge is 0.375 e. The van der Waals surface area contributed by atoms with Gasteiger partial charge in [0, 0.05) is 31.2 Å². The van der Waals surface area contributed by atoms with Gasteiger partial charge in [-0.05, 0) is 55.3 Å². The minimum atomic E-state index is -4.02. The number of anilines is 2. The molecule has 0 aliphatic heterocycles. The number of nitrogens with zero attached hydrogens (tertiary/aromatic N) is 4. The second-order valence-corrected chi connectivity index (χ2v) is 9.37. The van der Waals surface area contributed by atoms with Crippen molar-refractivity contribution in [3.8, 4) is 5.82 Å². The van der Waals surface area contributed by atoms with E-state index in [1.54, 1.807) is 54.5 Å². The van der Waals surface area contributed by atoms with E-state index in [9.17, 15) is 18.5 Å². The normalized spacial score (nSPS) is 11.2. The Labute approximate surface area is 196 Å². The van der Waals surface area contributed by atoms with Crippen LogP contribution in [0, 0.1) is 24.0 Å². The number of hydrogen-bond donors (Lipinski definition) is 2.